The molecule has 7 nitrogen and oxygen atoms in total. The van der Waals surface area contributed by atoms with Gasteiger partial charge in [0.05, 0.1) is 38.8 Å². The highest BCUT2D eigenvalue weighted by molar-refractivity contribution is 8.00. The number of hydrogen-bond donors (Lipinski definition) is 1. The van der Waals surface area contributed by atoms with Crippen LogP contribution in [0, 0.1) is 5.82 Å². The summed E-state index contributed by atoms with van der Waals surface area (Å²) < 4.78 is 15.6. The summed E-state index contributed by atoms with van der Waals surface area (Å²) in [6.45, 7) is 0.00112. The Bertz CT molecular complexity index is 1690. The summed E-state index contributed by atoms with van der Waals surface area (Å²) in [4.78, 5) is 33.7. The average molecular weight is 604 g/mol. The van der Waals surface area contributed by atoms with Gasteiger partial charge in [0.15, 0.2) is 0 Å². The Hall–Kier alpha value is -3.99. The molecule has 2 amide bonds. The van der Waals surface area contributed by atoms with Gasteiger partial charge in [-0.25, -0.2) is 9.07 Å². The second kappa shape index (κ2) is 11.9. The normalized spacial score (nSPS) is 14.9. The van der Waals surface area contributed by atoms with Crippen molar-refractivity contribution in [3.63, 3.8) is 0 Å². The first-order valence-corrected chi connectivity index (χ1v) is 15.1. The Morgan fingerprint density at radius 3 is 2.59 bits per heavy atom. The van der Waals surface area contributed by atoms with Crippen molar-refractivity contribution in [2.45, 2.75) is 11.8 Å². The first-order valence-electron chi connectivity index (χ1n) is 12.8. The van der Waals surface area contributed by atoms with E-state index in [0.29, 0.717) is 27.9 Å². The molecule has 0 fully saturated rings. The van der Waals surface area contributed by atoms with Gasteiger partial charge < -0.3 is 5.32 Å². The second-order valence-electron chi connectivity index (χ2n) is 9.25. The van der Waals surface area contributed by atoms with Gasteiger partial charge in [0.2, 0.25) is 11.8 Å². The van der Waals surface area contributed by atoms with Crippen LogP contribution in [0.15, 0.2) is 90.4 Å². The minimum atomic E-state index is -0.357. The number of amides is 2. The number of pyridine rings is 1. The Morgan fingerprint density at radius 1 is 1.05 bits per heavy atom. The van der Waals surface area contributed by atoms with Crippen LogP contribution in [0.2, 0.25) is 5.02 Å². The van der Waals surface area contributed by atoms with Crippen LogP contribution in [-0.4, -0.2) is 38.9 Å². The van der Waals surface area contributed by atoms with Gasteiger partial charge in [0.1, 0.15) is 23.9 Å². The molecule has 1 N–H and O–H groups in total. The minimum absolute atomic E-state index is 0.108. The van der Waals surface area contributed by atoms with E-state index in [1.165, 1.54) is 40.1 Å². The van der Waals surface area contributed by atoms with Crippen molar-refractivity contribution in [1.29, 1.82) is 0 Å². The number of aromatic nitrogens is 3. The highest BCUT2D eigenvalue weighted by atomic mass is 35.5. The fourth-order valence-electron chi connectivity index (χ4n) is 4.70. The summed E-state index contributed by atoms with van der Waals surface area (Å²) in [7, 11) is 0. The smallest absolute Gasteiger partial charge is 0.240 e. The van der Waals surface area contributed by atoms with E-state index in [9.17, 15) is 14.0 Å². The molecule has 206 valence electrons. The Morgan fingerprint density at radius 2 is 1.85 bits per heavy atom. The first-order chi connectivity index (χ1) is 20.0. The topological polar surface area (TPSA) is 80.1 Å². The molecule has 1 atom stereocenters. The van der Waals surface area contributed by atoms with E-state index in [1.54, 1.807) is 35.1 Å². The number of halogens is 2. The number of thioether (sulfide) groups is 1. The summed E-state index contributed by atoms with van der Waals surface area (Å²) in [5.41, 5.74) is 3.53. The third-order valence-electron chi connectivity index (χ3n) is 6.59. The van der Waals surface area contributed by atoms with E-state index in [4.69, 9.17) is 16.7 Å². The lowest BCUT2D eigenvalue weighted by molar-refractivity contribution is -0.123. The largest absolute Gasteiger partial charge is 0.349 e. The summed E-state index contributed by atoms with van der Waals surface area (Å²) in [6, 6.07) is 22.9. The van der Waals surface area contributed by atoms with Crippen molar-refractivity contribution in [3.8, 4) is 16.3 Å². The number of nitrogens with zero attached hydrogens (tertiary/aromatic N) is 4. The van der Waals surface area contributed by atoms with E-state index < -0.39 is 0 Å². The monoisotopic (exact) mass is 603 g/mol. The van der Waals surface area contributed by atoms with Crippen LogP contribution in [0.25, 0.3) is 16.3 Å². The highest BCUT2D eigenvalue weighted by Gasteiger charge is 2.38. The maximum atomic E-state index is 13.9. The van der Waals surface area contributed by atoms with Crippen LogP contribution in [-0.2, 0) is 16.1 Å². The Balaban J connectivity index is 1.51. The fourth-order valence-corrected chi connectivity index (χ4v) is 6.84. The molecular formula is C30H23ClFN5O2S2. The number of anilines is 1. The van der Waals surface area contributed by atoms with E-state index in [1.807, 2.05) is 47.8 Å². The third kappa shape index (κ3) is 5.63. The summed E-state index contributed by atoms with van der Waals surface area (Å²) in [5, 5.41) is 9.92. The predicted octanol–water partition coefficient (Wildman–Crippen LogP) is 6.27. The van der Waals surface area contributed by atoms with Crippen molar-refractivity contribution in [2.24, 2.45) is 0 Å². The van der Waals surface area contributed by atoms with Crippen LogP contribution in [0.1, 0.15) is 22.1 Å². The van der Waals surface area contributed by atoms with Gasteiger partial charge in [0, 0.05) is 11.8 Å². The first kappa shape index (κ1) is 27.2. The van der Waals surface area contributed by atoms with Crippen molar-refractivity contribution >= 4 is 52.3 Å². The number of benzene rings is 2. The number of carbonyl (C=O) groups is 2. The molecule has 4 heterocycles. The van der Waals surface area contributed by atoms with Crippen LogP contribution in [0.4, 0.5) is 10.2 Å². The van der Waals surface area contributed by atoms with Crippen molar-refractivity contribution in [1.82, 2.24) is 20.1 Å². The molecular weight excluding hydrogens is 581 g/mol. The zero-order chi connectivity index (χ0) is 28.3. The number of hydrogen-bond acceptors (Lipinski definition) is 6. The molecule has 0 aliphatic carbocycles. The molecule has 5 aromatic rings. The standard InChI is InChI=1S/C30H23ClFN5O2S2/c31-22-7-1-2-8-23(22)37-30-27(28(35-37)24-9-5-15-40-24)29(19-10-12-20(32)13-11-19)41-18-26(39)36(30)17-25(38)34-16-21-6-3-4-14-33-21/h1-15,29H,16-18H2,(H,34,38). The molecule has 6 rings (SSSR count). The summed E-state index contributed by atoms with van der Waals surface area (Å²) in [6.07, 6.45) is 1.66. The molecule has 1 aliphatic rings. The maximum absolute atomic E-state index is 13.9. The zero-order valence-corrected chi connectivity index (χ0v) is 23.9. The Labute approximate surface area is 249 Å². The van der Waals surface area contributed by atoms with Gasteiger partial charge in [-0.05, 0) is 53.4 Å². The zero-order valence-electron chi connectivity index (χ0n) is 21.5. The van der Waals surface area contributed by atoms with Crippen molar-refractivity contribution < 1.29 is 14.0 Å². The van der Waals surface area contributed by atoms with E-state index in [2.05, 4.69) is 10.3 Å². The van der Waals surface area contributed by atoms with E-state index >= 15 is 0 Å². The van der Waals surface area contributed by atoms with Crippen LogP contribution in [0.5, 0.6) is 0 Å². The minimum Gasteiger partial charge on any atom is -0.349 e. The number of fused-ring (bicyclic) bond motifs is 1. The molecule has 0 saturated heterocycles. The van der Waals surface area contributed by atoms with Crippen LogP contribution >= 0.6 is 34.7 Å². The van der Waals surface area contributed by atoms with Gasteiger partial charge in [-0.15, -0.1) is 23.1 Å². The fraction of sp³-hybridized carbons (Fsp3) is 0.133. The number of para-hydroxylation sites is 1. The second-order valence-corrected chi connectivity index (χ2v) is 11.7. The van der Waals surface area contributed by atoms with Crippen molar-refractivity contribution in [3.05, 3.63) is 118 Å². The highest BCUT2D eigenvalue weighted by Crippen LogP contribution is 2.49. The summed E-state index contributed by atoms with van der Waals surface area (Å²) >= 11 is 9.60. The van der Waals surface area contributed by atoms with Gasteiger partial charge in [-0.1, -0.05) is 48.0 Å². The quantitative estimate of drug-likeness (QED) is 0.237. The van der Waals surface area contributed by atoms with E-state index in [0.717, 1.165) is 16.0 Å². The lowest BCUT2D eigenvalue weighted by Gasteiger charge is -2.23. The van der Waals surface area contributed by atoms with Crippen LogP contribution in [0.3, 0.4) is 0 Å². The molecule has 41 heavy (non-hydrogen) atoms. The molecule has 2 aromatic carbocycles. The number of rotatable bonds is 7. The third-order valence-corrected chi connectivity index (χ3v) is 9.04. The molecule has 1 aliphatic heterocycles. The number of thiophene rings is 1. The van der Waals surface area contributed by atoms with Gasteiger partial charge in [-0.3, -0.25) is 19.5 Å². The van der Waals surface area contributed by atoms with Gasteiger partial charge >= 0.3 is 0 Å². The molecule has 0 radical (unpaired) electrons. The molecule has 0 spiro atoms. The SMILES string of the molecule is O=C(CN1C(=O)CSC(c2ccc(F)cc2)c2c(-c3cccs3)nn(-c3ccccc3Cl)c21)NCc1ccccn1. The summed E-state index contributed by atoms with van der Waals surface area (Å²) in [5.74, 6) is -0.375. The molecule has 3 aromatic heterocycles. The van der Waals surface area contributed by atoms with Crippen LogP contribution < -0.4 is 10.2 Å². The molecule has 11 heteroatoms. The lowest BCUT2D eigenvalue weighted by atomic mass is 10.0. The number of carbonyl (C=O) groups excluding carboxylic acids is 2. The Kier molecular flexibility index (Phi) is 7.86. The van der Waals surface area contributed by atoms with Gasteiger partial charge in [0.25, 0.3) is 0 Å². The van der Waals surface area contributed by atoms with Crippen molar-refractivity contribution in [2.75, 3.05) is 17.2 Å². The lowest BCUT2D eigenvalue weighted by Crippen LogP contribution is -2.42. The number of nitrogens with one attached hydrogen (secondary N) is 1. The molecule has 0 saturated carbocycles. The predicted molar refractivity (Wildman–Crippen MR) is 161 cm³/mol. The average Bonchev–Trinajstić information content (AvgIpc) is 3.63. The maximum Gasteiger partial charge on any atom is 0.240 e. The molecule has 0 bridgehead atoms. The molecule has 1 unspecified atom stereocenters. The van der Waals surface area contributed by atoms with Gasteiger partial charge in [-0.2, -0.15) is 5.10 Å². The van der Waals surface area contributed by atoms with E-state index in [-0.39, 0.29) is 41.7 Å².